The third-order valence-electron chi connectivity index (χ3n) is 7.05. The second-order valence-electron chi connectivity index (χ2n) is 10.2. The van der Waals surface area contributed by atoms with Crippen molar-refractivity contribution in [1.82, 2.24) is 5.32 Å². The van der Waals surface area contributed by atoms with E-state index in [2.05, 4.69) is 26.6 Å². The van der Waals surface area contributed by atoms with Gasteiger partial charge in [-0.25, -0.2) is 4.79 Å². The van der Waals surface area contributed by atoms with Crippen molar-refractivity contribution in [2.24, 2.45) is 17.4 Å². The lowest BCUT2D eigenvalue weighted by molar-refractivity contribution is -0.146. The summed E-state index contributed by atoms with van der Waals surface area (Å²) in [4.78, 5) is 65.4. The molecule has 0 aromatic heterocycles. The summed E-state index contributed by atoms with van der Waals surface area (Å²) in [6.07, 6.45) is 1.82. The van der Waals surface area contributed by atoms with E-state index in [0.29, 0.717) is 42.4 Å². The minimum absolute atomic E-state index is 0.00925. The van der Waals surface area contributed by atoms with E-state index in [1.807, 2.05) is 30.3 Å². The first-order chi connectivity index (χ1) is 20.7. The molecule has 0 saturated carbocycles. The first kappa shape index (κ1) is 33.6. The van der Waals surface area contributed by atoms with E-state index in [0.717, 1.165) is 10.8 Å². The number of methoxy groups -OCH3 is 1. The van der Waals surface area contributed by atoms with Crippen molar-refractivity contribution in [2.45, 2.75) is 44.6 Å². The van der Waals surface area contributed by atoms with Crippen LogP contribution in [0.15, 0.2) is 65.1 Å². The standard InChI is InChI=1S/C32H37BrN4O6/c1-43-32(42)27(10-6-16-35)37-30(40)22(9-4-5-15-34)18-28(38)29(39)25-19-24(33)13-14-26(25)36-31(41)23-12-11-20-7-2-3-8-21(20)17-23/h2-3,7-8,11-14,17,19,22,27H,4-6,9-10,15-16,18,34-35H2,1H3,(H,36,41)(H,37,40). The third-order valence-corrected chi connectivity index (χ3v) is 7.54. The van der Waals surface area contributed by atoms with E-state index in [1.165, 1.54) is 19.2 Å². The molecule has 0 aliphatic heterocycles. The number of rotatable bonds is 16. The fraction of sp³-hybridized carbons (Fsp3) is 0.344. The van der Waals surface area contributed by atoms with Crippen molar-refractivity contribution in [3.05, 3.63) is 76.3 Å². The van der Waals surface area contributed by atoms with E-state index in [1.54, 1.807) is 18.2 Å². The molecule has 2 unspecified atom stereocenters. The number of esters is 1. The van der Waals surface area contributed by atoms with Gasteiger partial charge >= 0.3 is 5.97 Å². The number of ether oxygens (including phenoxy) is 1. The van der Waals surface area contributed by atoms with Crippen LogP contribution < -0.4 is 22.1 Å². The molecule has 3 aromatic carbocycles. The zero-order valence-electron chi connectivity index (χ0n) is 24.1. The predicted octanol–water partition coefficient (Wildman–Crippen LogP) is 4.14. The van der Waals surface area contributed by atoms with Crippen LogP contribution in [0.3, 0.4) is 0 Å². The zero-order chi connectivity index (χ0) is 31.4. The van der Waals surface area contributed by atoms with E-state index < -0.39 is 41.3 Å². The molecule has 0 spiro atoms. The summed E-state index contributed by atoms with van der Waals surface area (Å²) < 4.78 is 5.34. The molecule has 3 rings (SSSR count). The number of unbranched alkanes of at least 4 members (excludes halogenated alkanes) is 1. The van der Waals surface area contributed by atoms with Crippen LogP contribution in [0.25, 0.3) is 10.8 Å². The van der Waals surface area contributed by atoms with Gasteiger partial charge < -0.3 is 26.8 Å². The lowest BCUT2D eigenvalue weighted by Crippen LogP contribution is -2.45. The minimum Gasteiger partial charge on any atom is -0.467 e. The second-order valence-corrected chi connectivity index (χ2v) is 11.1. The number of ketones is 2. The molecule has 228 valence electrons. The molecule has 43 heavy (non-hydrogen) atoms. The fourth-order valence-electron chi connectivity index (χ4n) is 4.67. The Morgan fingerprint density at radius 3 is 2.28 bits per heavy atom. The van der Waals surface area contributed by atoms with Gasteiger partial charge in [-0.2, -0.15) is 0 Å². The first-order valence-corrected chi connectivity index (χ1v) is 14.9. The van der Waals surface area contributed by atoms with Crippen LogP contribution in [0.4, 0.5) is 5.69 Å². The number of Topliss-reactive ketones (excluding diaryl/α,β-unsaturated/α-hetero) is 2. The van der Waals surface area contributed by atoms with Gasteiger partial charge in [-0.05, 0) is 79.9 Å². The summed E-state index contributed by atoms with van der Waals surface area (Å²) in [5.41, 5.74) is 11.7. The van der Waals surface area contributed by atoms with Gasteiger partial charge in [0, 0.05) is 22.4 Å². The number of nitrogens with one attached hydrogen (secondary N) is 2. The van der Waals surface area contributed by atoms with Gasteiger partial charge in [0.2, 0.25) is 17.5 Å². The van der Waals surface area contributed by atoms with Gasteiger partial charge in [0.15, 0.2) is 0 Å². The van der Waals surface area contributed by atoms with Crippen molar-refractivity contribution in [3.63, 3.8) is 0 Å². The normalized spacial score (nSPS) is 12.3. The summed E-state index contributed by atoms with van der Waals surface area (Å²) in [6.45, 7) is 0.726. The molecule has 0 saturated heterocycles. The first-order valence-electron chi connectivity index (χ1n) is 14.1. The predicted molar refractivity (Wildman–Crippen MR) is 169 cm³/mol. The van der Waals surface area contributed by atoms with Crippen molar-refractivity contribution in [3.8, 4) is 0 Å². The van der Waals surface area contributed by atoms with Gasteiger partial charge in [-0.1, -0.05) is 52.7 Å². The number of anilines is 1. The number of fused-ring (bicyclic) bond motifs is 1. The molecule has 0 bridgehead atoms. The number of carbonyl (C=O) groups excluding carboxylic acids is 5. The molecule has 0 heterocycles. The Hall–Kier alpha value is -3.93. The summed E-state index contributed by atoms with van der Waals surface area (Å²) >= 11 is 3.33. The van der Waals surface area contributed by atoms with E-state index >= 15 is 0 Å². The van der Waals surface area contributed by atoms with Gasteiger partial charge in [0.05, 0.1) is 18.4 Å². The smallest absolute Gasteiger partial charge is 0.328 e. The van der Waals surface area contributed by atoms with Crippen LogP contribution in [0.5, 0.6) is 0 Å². The molecule has 2 atom stereocenters. The Bertz CT molecular complexity index is 1480. The maximum Gasteiger partial charge on any atom is 0.328 e. The van der Waals surface area contributed by atoms with Crippen LogP contribution in [-0.2, 0) is 19.1 Å². The Labute approximate surface area is 259 Å². The molecule has 10 nitrogen and oxygen atoms in total. The lowest BCUT2D eigenvalue weighted by Gasteiger charge is -2.21. The number of benzene rings is 3. The third kappa shape index (κ3) is 9.54. The van der Waals surface area contributed by atoms with Gasteiger partial charge in [-0.15, -0.1) is 0 Å². The molecule has 3 aromatic rings. The van der Waals surface area contributed by atoms with Crippen LogP contribution in [0, 0.1) is 5.92 Å². The summed E-state index contributed by atoms with van der Waals surface area (Å²) in [7, 11) is 1.22. The highest BCUT2D eigenvalue weighted by molar-refractivity contribution is 9.10. The molecular weight excluding hydrogens is 616 g/mol. The Balaban J connectivity index is 1.80. The van der Waals surface area contributed by atoms with Gasteiger partial charge in [0.1, 0.15) is 6.04 Å². The molecular formula is C32H37BrN4O6. The number of halogens is 1. The number of carbonyl (C=O) groups is 5. The summed E-state index contributed by atoms with van der Waals surface area (Å²) in [5, 5.41) is 7.27. The monoisotopic (exact) mass is 652 g/mol. The number of hydrogen-bond acceptors (Lipinski definition) is 8. The molecule has 0 aliphatic carbocycles. The Kier molecular flexibility index (Phi) is 13.0. The topological polar surface area (TPSA) is 171 Å². The van der Waals surface area contributed by atoms with Crippen LogP contribution in [0.1, 0.15) is 59.2 Å². The minimum atomic E-state index is -0.925. The number of hydrogen-bond donors (Lipinski definition) is 4. The van der Waals surface area contributed by atoms with Gasteiger partial charge in [-0.3, -0.25) is 19.2 Å². The molecule has 11 heteroatoms. The second kappa shape index (κ2) is 16.6. The molecule has 0 fully saturated rings. The number of amides is 2. The molecule has 2 amide bonds. The van der Waals surface area contributed by atoms with Crippen LogP contribution in [-0.4, -0.2) is 55.6 Å². The quantitative estimate of drug-likeness (QED) is 0.0774. The molecule has 0 radical (unpaired) electrons. The maximum absolute atomic E-state index is 13.5. The number of nitrogens with two attached hydrogens (primary N) is 2. The zero-order valence-corrected chi connectivity index (χ0v) is 25.7. The van der Waals surface area contributed by atoms with E-state index in [-0.39, 0.29) is 30.5 Å². The average molecular weight is 654 g/mol. The summed E-state index contributed by atoms with van der Waals surface area (Å²) in [6, 6.07) is 16.6. The highest BCUT2D eigenvalue weighted by Gasteiger charge is 2.30. The SMILES string of the molecule is COC(=O)C(CCCN)NC(=O)C(CCCCN)CC(=O)C(=O)c1cc(Br)ccc1NC(=O)c1ccc2ccccc2c1. The van der Waals surface area contributed by atoms with Crippen LogP contribution >= 0.6 is 15.9 Å². The van der Waals surface area contributed by atoms with Crippen LogP contribution in [0.2, 0.25) is 0 Å². The highest BCUT2D eigenvalue weighted by atomic mass is 79.9. The fourth-order valence-corrected chi connectivity index (χ4v) is 5.03. The Morgan fingerprint density at radius 2 is 1.58 bits per heavy atom. The largest absolute Gasteiger partial charge is 0.467 e. The van der Waals surface area contributed by atoms with E-state index in [4.69, 9.17) is 16.2 Å². The van der Waals surface area contributed by atoms with Crippen molar-refractivity contribution in [1.29, 1.82) is 0 Å². The van der Waals surface area contributed by atoms with Gasteiger partial charge in [0.25, 0.3) is 5.91 Å². The lowest BCUT2D eigenvalue weighted by atomic mass is 9.91. The summed E-state index contributed by atoms with van der Waals surface area (Å²) in [5.74, 6) is -4.13. The molecule has 0 aliphatic rings. The Morgan fingerprint density at radius 1 is 0.860 bits per heavy atom. The highest BCUT2D eigenvalue weighted by Crippen LogP contribution is 2.25. The van der Waals surface area contributed by atoms with Crippen molar-refractivity contribution >= 4 is 61.7 Å². The van der Waals surface area contributed by atoms with Crippen molar-refractivity contribution in [2.75, 3.05) is 25.5 Å². The van der Waals surface area contributed by atoms with E-state index in [9.17, 15) is 24.0 Å². The average Bonchev–Trinajstić information content (AvgIpc) is 3.02. The maximum atomic E-state index is 13.5. The van der Waals surface area contributed by atoms with Crippen molar-refractivity contribution < 1.29 is 28.7 Å². The molecule has 6 N–H and O–H groups in total.